The Morgan fingerprint density at radius 2 is 1.21 bits per heavy atom. The van der Waals surface area contributed by atoms with Crippen LogP contribution in [0, 0.1) is 6.92 Å². The van der Waals surface area contributed by atoms with Gasteiger partial charge in [-0.2, -0.15) is 17.6 Å². The van der Waals surface area contributed by atoms with E-state index in [2.05, 4.69) is 56.7 Å². The molecule has 1 nitrogen and oxygen atoms in total. The fourth-order valence-corrected chi connectivity index (χ4v) is 2.34. The van der Waals surface area contributed by atoms with Gasteiger partial charge in [-0.1, -0.05) is 90.9 Å². The summed E-state index contributed by atoms with van der Waals surface area (Å²) in [6.07, 6.45) is -8.31. The Kier molecular flexibility index (Phi) is 9.42. The van der Waals surface area contributed by atoms with E-state index in [9.17, 15) is 17.6 Å². The lowest BCUT2D eigenvalue weighted by Crippen LogP contribution is -2.33. The number of benzene rings is 2. The van der Waals surface area contributed by atoms with Crippen LogP contribution in [0.5, 0.6) is 5.75 Å². The van der Waals surface area contributed by atoms with Gasteiger partial charge in [-0.3, -0.25) is 0 Å². The van der Waals surface area contributed by atoms with E-state index < -0.39 is 12.5 Å². The van der Waals surface area contributed by atoms with E-state index in [1.54, 1.807) is 6.07 Å². The maximum atomic E-state index is 12.7. The Labute approximate surface area is 173 Å². The zero-order valence-electron chi connectivity index (χ0n) is 17.6. The molecule has 0 fully saturated rings. The van der Waals surface area contributed by atoms with Crippen molar-refractivity contribution in [3.05, 3.63) is 65.2 Å². The Bertz CT molecular complexity index is 756. The highest BCUT2D eigenvalue weighted by Gasteiger charge is 2.44. The summed E-state index contributed by atoms with van der Waals surface area (Å²) >= 11 is 0. The maximum Gasteiger partial charge on any atom is 0.461 e. The van der Waals surface area contributed by atoms with Gasteiger partial charge in [-0.05, 0) is 41.0 Å². The molecule has 0 aliphatic rings. The normalized spacial score (nSPS) is 12.0. The van der Waals surface area contributed by atoms with Crippen LogP contribution in [0.15, 0.2) is 48.5 Å². The van der Waals surface area contributed by atoms with Crippen molar-refractivity contribution < 1.29 is 22.3 Å². The van der Waals surface area contributed by atoms with Gasteiger partial charge < -0.3 is 4.74 Å². The van der Waals surface area contributed by atoms with Crippen molar-refractivity contribution >= 4 is 0 Å². The smallest absolute Gasteiger partial charge is 0.428 e. The maximum absolute atomic E-state index is 12.7. The van der Waals surface area contributed by atoms with Crippen LogP contribution in [0.25, 0.3) is 0 Å². The molecule has 2 rings (SSSR count). The first-order valence-electron chi connectivity index (χ1n) is 9.15. The van der Waals surface area contributed by atoms with E-state index in [1.165, 1.54) is 29.3 Å². The quantitative estimate of drug-likeness (QED) is 0.460. The summed E-state index contributed by atoms with van der Waals surface area (Å²) in [6, 6.07) is 14.5. The molecular formula is C24H34F4O. The highest BCUT2D eigenvalue weighted by atomic mass is 19.3. The van der Waals surface area contributed by atoms with Crippen molar-refractivity contribution in [3.8, 4) is 5.75 Å². The molecule has 0 heterocycles. The lowest BCUT2D eigenvalue weighted by atomic mass is 9.86. The number of ether oxygens (including phenoxy) is 1. The largest absolute Gasteiger partial charge is 0.461 e. The van der Waals surface area contributed by atoms with Crippen LogP contribution in [0.2, 0.25) is 0 Å². The summed E-state index contributed by atoms with van der Waals surface area (Å²) in [5.74, 6) is -0.261. The third-order valence-corrected chi connectivity index (χ3v) is 4.09. The topological polar surface area (TPSA) is 9.23 Å². The zero-order valence-corrected chi connectivity index (χ0v) is 17.6. The summed E-state index contributed by atoms with van der Waals surface area (Å²) in [7, 11) is 0. The number of hydrogen-bond donors (Lipinski definition) is 0. The second-order valence-electron chi connectivity index (χ2n) is 8.86. The lowest BCUT2D eigenvalue weighted by molar-refractivity contribution is -0.253. The van der Waals surface area contributed by atoms with Crippen molar-refractivity contribution in [3.63, 3.8) is 0 Å². The van der Waals surface area contributed by atoms with Crippen LogP contribution < -0.4 is 4.74 Å². The minimum absolute atomic E-state index is 0. The Balaban J connectivity index is 0.000000568. The monoisotopic (exact) mass is 414 g/mol. The highest BCUT2D eigenvalue weighted by molar-refractivity contribution is 5.32. The van der Waals surface area contributed by atoms with Crippen molar-refractivity contribution in [2.24, 2.45) is 0 Å². The number of aryl methyl sites for hydroxylation is 1. The minimum atomic E-state index is -4.46. The standard InChI is InChI=1S/C12H14F4O.C11H16.CH4/c1-11(2,3)8-5-4-6-9(7-8)17-12(15,16)10(13)14;1-9-6-5-7-10(8-9)11(2,3)4;/h4-7,10H,1-3H3;5-8H,1-4H3;1H4. The van der Waals surface area contributed by atoms with Crippen molar-refractivity contribution in [1.82, 2.24) is 0 Å². The number of halogens is 4. The molecule has 0 atom stereocenters. The first-order chi connectivity index (χ1) is 12.6. The predicted molar refractivity (Wildman–Crippen MR) is 113 cm³/mol. The molecule has 5 heteroatoms. The average molecular weight is 415 g/mol. The van der Waals surface area contributed by atoms with Crippen LogP contribution in [0.3, 0.4) is 0 Å². The van der Waals surface area contributed by atoms with Gasteiger partial charge in [0.2, 0.25) is 0 Å². The van der Waals surface area contributed by atoms with Crippen molar-refractivity contribution in [2.75, 3.05) is 0 Å². The summed E-state index contributed by atoms with van der Waals surface area (Å²) in [5.41, 5.74) is 3.51. The highest BCUT2D eigenvalue weighted by Crippen LogP contribution is 2.31. The SMILES string of the molecule is C.CC(C)(C)c1cccc(OC(F)(F)C(F)F)c1.Cc1cccc(C(C)(C)C)c1. The summed E-state index contributed by atoms with van der Waals surface area (Å²) in [6.45, 7) is 14.5. The van der Waals surface area contributed by atoms with E-state index in [4.69, 9.17) is 0 Å². The van der Waals surface area contributed by atoms with Crippen LogP contribution in [-0.2, 0) is 10.8 Å². The minimum Gasteiger partial charge on any atom is -0.428 e. The second-order valence-corrected chi connectivity index (χ2v) is 8.86. The fourth-order valence-electron chi connectivity index (χ4n) is 2.34. The number of alkyl halides is 4. The van der Waals surface area contributed by atoms with E-state index in [1.807, 2.05) is 20.8 Å². The van der Waals surface area contributed by atoms with Gasteiger partial charge in [0, 0.05) is 0 Å². The zero-order chi connectivity index (χ0) is 21.8. The Hall–Kier alpha value is -2.04. The molecule has 2 aromatic rings. The molecule has 0 bridgehead atoms. The fraction of sp³-hybridized carbons (Fsp3) is 0.500. The van der Waals surface area contributed by atoms with Crippen LogP contribution in [-0.4, -0.2) is 12.5 Å². The van der Waals surface area contributed by atoms with Crippen molar-refractivity contribution in [1.29, 1.82) is 0 Å². The molecule has 0 aliphatic carbocycles. The molecule has 0 spiro atoms. The van der Waals surface area contributed by atoms with Gasteiger partial charge in [-0.25, -0.2) is 0 Å². The van der Waals surface area contributed by atoms with E-state index >= 15 is 0 Å². The summed E-state index contributed by atoms with van der Waals surface area (Å²) in [5, 5.41) is 0. The summed E-state index contributed by atoms with van der Waals surface area (Å²) < 4.78 is 53.3. The molecule has 29 heavy (non-hydrogen) atoms. The molecule has 0 saturated heterocycles. The molecular weight excluding hydrogens is 380 g/mol. The molecule has 0 saturated carbocycles. The number of rotatable bonds is 3. The van der Waals surface area contributed by atoms with Crippen LogP contribution >= 0.6 is 0 Å². The predicted octanol–water partition coefficient (Wildman–Crippen LogP) is 8.15. The average Bonchev–Trinajstić information content (AvgIpc) is 2.53. The van der Waals surface area contributed by atoms with Crippen molar-refractivity contribution in [2.45, 2.75) is 79.3 Å². The Morgan fingerprint density at radius 1 is 0.759 bits per heavy atom. The molecule has 0 unspecified atom stereocenters. The Morgan fingerprint density at radius 3 is 1.59 bits per heavy atom. The first kappa shape index (κ1) is 27.0. The molecule has 164 valence electrons. The van der Waals surface area contributed by atoms with Gasteiger partial charge in [0.05, 0.1) is 0 Å². The van der Waals surface area contributed by atoms with E-state index in [0.717, 1.165) is 5.56 Å². The van der Waals surface area contributed by atoms with Gasteiger partial charge in [0.15, 0.2) is 0 Å². The first-order valence-corrected chi connectivity index (χ1v) is 9.15. The lowest BCUT2D eigenvalue weighted by Gasteiger charge is -2.21. The molecule has 0 aromatic heterocycles. The van der Waals surface area contributed by atoms with Gasteiger partial charge >= 0.3 is 12.5 Å². The molecule has 2 aromatic carbocycles. The third-order valence-electron chi connectivity index (χ3n) is 4.09. The van der Waals surface area contributed by atoms with Gasteiger partial charge in [-0.15, -0.1) is 0 Å². The van der Waals surface area contributed by atoms with Gasteiger partial charge in [0.1, 0.15) is 5.75 Å². The van der Waals surface area contributed by atoms with E-state index in [-0.39, 0.29) is 24.0 Å². The second kappa shape index (κ2) is 10.1. The molecule has 0 aliphatic heterocycles. The van der Waals surface area contributed by atoms with Gasteiger partial charge in [0.25, 0.3) is 0 Å². The third kappa shape index (κ3) is 8.88. The van der Waals surface area contributed by atoms with E-state index in [0.29, 0.717) is 0 Å². The number of hydrogen-bond acceptors (Lipinski definition) is 1. The molecule has 0 amide bonds. The molecule has 0 N–H and O–H groups in total. The van der Waals surface area contributed by atoms with Crippen LogP contribution in [0.4, 0.5) is 17.6 Å². The molecule has 0 radical (unpaired) electrons. The van der Waals surface area contributed by atoms with Crippen LogP contribution in [0.1, 0.15) is 65.7 Å². The summed E-state index contributed by atoms with van der Waals surface area (Å²) in [4.78, 5) is 0.